The fourth-order valence-corrected chi connectivity index (χ4v) is 8.98. The highest BCUT2D eigenvalue weighted by Gasteiger charge is 2.20. The van der Waals surface area contributed by atoms with Crippen molar-refractivity contribution in [1.29, 1.82) is 0 Å². The van der Waals surface area contributed by atoms with Crippen molar-refractivity contribution in [3.8, 4) is 0 Å². The molecule has 0 aromatic rings. The molecule has 0 aromatic carbocycles. The molecule has 0 aliphatic carbocycles. The van der Waals surface area contributed by atoms with Crippen LogP contribution in [0, 0.1) is 0 Å². The standard InChI is InChI=1S/C59H113NO5/c1-3-5-7-9-11-13-15-17-28-31-35-39-43-47-51-57(62)56(55-61)60-58(63)52-48-44-40-36-32-29-26-24-22-20-18-19-21-23-25-27-30-34-38-42-46-50-54-65-59(64)53-49-45-41-37-33-16-14-12-10-8-6-4-2/h12,14,20,22,56-57,61-62H,3-11,13,15-19,21,23-55H2,1-2H3,(H,60,63)/b14-12-,22-20-. The minimum Gasteiger partial charge on any atom is -0.466 e. The lowest BCUT2D eigenvalue weighted by Gasteiger charge is -2.22. The average Bonchev–Trinajstić information content (AvgIpc) is 3.31. The molecule has 0 aliphatic heterocycles. The fourth-order valence-electron chi connectivity index (χ4n) is 8.98. The van der Waals surface area contributed by atoms with Crippen LogP contribution >= 0.6 is 0 Å². The van der Waals surface area contributed by atoms with Gasteiger partial charge in [0.25, 0.3) is 0 Å². The smallest absolute Gasteiger partial charge is 0.305 e. The van der Waals surface area contributed by atoms with Crippen molar-refractivity contribution < 1.29 is 24.5 Å². The van der Waals surface area contributed by atoms with Gasteiger partial charge in [-0.2, -0.15) is 0 Å². The first-order valence-corrected chi connectivity index (χ1v) is 29.1. The molecular formula is C59H113NO5. The first-order chi connectivity index (χ1) is 32.0. The summed E-state index contributed by atoms with van der Waals surface area (Å²) in [6.45, 7) is 4.93. The van der Waals surface area contributed by atoms with E-state index in [0.29, 0.717) is 25.9 Å². The lowest BCUT2D eigenvalue weighted by atomic mass is 10.0. The summed E-state index contributed by atoms with van der Waals surface area (Å²) in [7, 11) is 0. The normalized spacial score (nSPS) is 12.7. The van der Waals surface area contributed by atoms with E-state index < -0.39 is 12.1 Å². The zero-order valence-electron chi connectivity index (χ0n) is 43.7. The number of carbonyl (C=O) groups excluding carboxylic acids is 2. The molecule has 0 heterocycles. The molecule has 0 saturated carbocycles. The maximum atomic E-state index is 12.5. The molecule has 0 fully saturated rings. The fraction of sp³-hybridized carbons (Fsp3) is 0.898. The third-order valence-corrected chi connectivity index (χ3v) is 13.5. The Morgan fingerprint density at radius 2 is 0.723 bits per heavy atom. The van der Waals surface area contributed by atoms with Crippen LogP contribution in [0.4, 0.5) is 0 Å². The molecule has 384 valence electrons. The maximum absolute atomic E-state index is 12.5. The number of hydrogen-bond donors (Lipinski definition) is 3. The SMILES string of the molecule is CCCCC/C=C\CCCCCCCC(=O)OCCCCCCCCCCCCC/C=C\CCCCCCCCCC(=O)NC(CO)C(O)CCCCCCCCCCCCCCCC. The second-order valence-electron chi connectivity index (χ2n) is 20.0. The molecule has 0 spiro atoms. The lowest BCUT2D eigenvalue weighted by Crippen LogP contribution is -2.45. The van der Waals surface area contributed by atoms with Crippen LogP contribution in [0.25, 0.3) is 0 Å². The number of amides is 1. The predicted molar refractivity (Wildman–Crippen MR) is 283 cm³/mol. The zero-order valence-corrected chi connectivity index (χ0v) is 43.7. The van der Waals surface area contributed by atoms with Crippen LogP contribution in [0.1, 0.15) is 316 Å². The number of aliphatic hydroxyl groups excluding tert-OH is 2. The van der Waals surface area contributed by atoms with Gasteiger partial charge >= 0.3 is 5.97 Å². The van der Waals surface area contributed by atoms with Crippen molar-refractivity contribution in [3.63, 3.8) is 0 Å². The number of allylic oxidation sites excluding steroid dienone is 4. The third-order valence-electron chi connectivity index (χ3n) is 13.5. The molecule has 2 unspecified atom stereocenters. The molecule has 0 bridgehead atoms. The van der Waals surface area contributed by atoms with Crippen molar-refractivity contribution in [2.45, 2.75) is 328 Å². The van der Waals surface area contributed by atoms with Gasteiger partial charge in [0.05, 0.1) is 25.4 Å². The van der Waals surface area contributed by atoms with Gasteiger partial charge in [0, 0.05) is 12.8 Å². The Morgan fingerprint density at radius 1 is 0.415 bits per heavy atom. The van der Waals surface area contributed by atoms with E-state index in [1.807, 2.05) is 0 Å². The van der Waals surface area contributed by atoms with Crippen LogP contribution in [0.15, 0.2) is 24.3 Å². The summed E-state index contributed by atoms with van der Waals surface area (Å²) in [5, 5.41) is 23.2. The van der Waals surface area contributed by atoms with Crippen molar-refractivity contribution in [1.82, 2.24) is 5.32 Å². The van der Waals surface area contributed by atoms with E-state index in [1.165, 1.54) is 238 Å². The second-order valence-corrected chi connectivity index (χ2v) is 20.0. The number of unbranched alkanes of at least 4 members (excludes halogenated alkanes) is 39. The molecular weight excluding hydrogens is 803 g/mol. The Balaban J connectivity index is 3.42. The molecule has 65 heavy (non-hydrogen) atoms. The predicted octanol–water partition coefficient (Wildman–Crippen LogP) is 17.9. The Labute approximate surface area is 405 Å². The number of carbonyl (C=O) groups is 2. The number of aliphatic hydroxyl groups is 2. The summed E-state index contributed by atoms with van der Waals surface area (Å²) in [6, 6.07) is -0.546. The number of rotatable bonds is 54. The molecule has 0 radical (unpaired) electrons. The quantitative estimate of drug-likeness (QED) is 0.0321. The molecule has 1 amide bonds. The van der Waals surface area contributed by atoms with E-state index in [9.17, 15) is 19.8 Å². The van der Waals surface area contributed by atoms with Crippen molar-refractivity contribution in [2.24, 2.45) is 0 Å². The van der Waals surface area contributed by atoms with Crippen molar-refractivity contribution >= 4 is 11.9 Å². The van der Waals surface area contributed by atoms with Gasteiger partial charge in [-0.1, -0.05) is 250 Å². The number of hydrogen-bond acceptors (Lipinski definition) is 5. The number of ether oxygens (including phenoxy) is 1. The highest BCUT2D eigenvalue weighted by molar-refractivity contribution is 5.76. The van der Waals surface area contributed by atoms with E-state index >= 15 is 0 Å². The highest BCUT2D eigenvalue weighted by Crippen LogP contribution is 2.17. The maximum Gasteiger partial charge on any atom is 0.305 e. The third kappa shape index (κ3) is 51.6. The second kappa shape index (κ2) is 54.9. The highest BCUT2D eigenvalue weighted by atomic mass is 16.5. The molecule has 0 aromatic heterocycles. The summed E-state index contributed by atoms with van der Waals surface area (Å²) in [6.07, 6.45) is 66.0. The Bertz CT molecular complexity index is 1010. The minimum atomic E-state index is -0.668. The van der Waals surface area contributed by atoms with Crippen LogP contribution in [0.2, 0.25) is 0 Å². The van der Waals surface area contributed by atoms with E-state index in [2.05, 4.69) is 43.5 Å². The van der Waals surface area contributed by atoms with E-state index in [0.717, 1.165) is 44.9 Å². The van der Waals surface area contributed by atoms with Crippen LogP contribution in [-0.4, -0.2) is 47.4 Å². The summed E-state index contributed by atoms with van der Waals surface area (Å²) in [4.78, 5) is 24.5. The van der Waals surface area contributed by atoms with Gasteiger partial charge in [-0.15, -0.1) is 0 Å². The molecule has 6 heteroatoms. The molecule has 2 atom stereocenters. The van der Waals surface area contributed by atoms with Gasteiger partial charge in [0.1, 0.15) is 0 Å². The van der Waals surface area contributed by atoms with Crippen LogP contribution in [0.5, 0.6) is 0 Å². The van der Waals surface area contributed by atoms with Crippen molar-refractivity contribution in [3.05, 3.63) is 24.3 Å². The zero-order chi connectivity index (χ0) is 47.2. The van der Waals surface area contributed by atoms with Crippen LogP contribution < -0.4 is 5.32 Å². The van der Waals surface area contributed by atoms with E-state index in [-0.39, 0.29) is 18.5 Å². The molecule has 6 nitrogen and oxygen atoms in total. The van der Waals surface area contributed by atoms with Crippen LogP contribution in [-0.2, 0) is 14.3 Å². The number of esters is 1. The summed E-state index contributed by atoms with van der Waals surface area (Å²) in [5.74, 6) is -0.0412. The van der Waals surface area contributed by atoms with E-state index in [4.69, 9.17) is 4.74 Å². The summed E-state index contributed by atoms with van der Waals surface area (Å²) in [5.41, 5.74) is 0. The summed E-state index contributed by atoms with van der Waals surface area (Å²) >= 11 is 0. The Morgan fingerprint density at radius 3 is 1.12 bits per heavy atom. The van der Waals surface area contributed by atoms with Crippen LogP contribution in [0.3, 0.4) is 0 Å². The van der Waals surface area contributed by atoms with E-state index in [1.54, 1.807) is 0 Å². The molecule has 0 aliphatic rings. The van der Waals surface area contributed by atoms with Gasteiger partial charge in [0.2, 0.25) is 5.91 Å². The van der Waals surface area contributed by atoms with Gasteiger partial charge in [-0.25, -0.2) is 0 Å². The Hall–Kier alpha value is -1.66. The van der Waals surface area contributed by atoms with Gasteiger partial charge in [-0.05, 0) is 77.0 Å². The molecule has 0 rings (SSSR count). The number of nitrogens with one attached hydrogen (secondary N) is 1. The lowest BCUT2D eigenvalue weighted by molar-refractivity contribution is -0.143. The first-order valence-electron chi connectivity index (χ1n) is 29.1. The molecule has 0 saturated heterocycles. The average molecular weight is 917 g/mol. The Kier molecular flexibility index (Phi) is 53.5. The first kappa shape index (κ1) is 63.3. The topological polar surface area (TPSA) is 95.9 Å². The van der Waals surface area contributed by atoms with Gasteiger partial charge < -0.3 is 20.3 Å². The summed E-state index contributed by atoms with van der Waals surface area (Å²) < 4.78 is 5.46. The van der Waals surface area contributed by atoms with Gasteiger partial charge in [0.15, 0.2) is 0 Å². The monoisotopic (exact) mass is 916 g/mol. The minimum absolute atomic E-state index is 0.0000930. The largest absolute Gasteiger partial charge is 0.466 e. The van der Waals surface area contributed by atoms with Crippen molar-refractivity contribution in [2.75, 3.05) is 13.2 Å². The molecule has 3 N–H and O–H groups in total. The van der Waals surface area contributed by atoms with Gasteiger partial charge in [-0.3, -0.25) is 9.59 Å².